The zero-order valence-corrected chi connectivity index (χ0v) is 6.87. The second kappa shape index (κ2) is 1.91. The minimum absolute atomic E-state index is 0.939. The highest BCUT2D eigenvalue weighted by atomic mass is 79.9. The Balaban J connectivity index is 2.49. The van der Waals surface area contributed by atoms with Gasteiger partial charge in [0.25, 0.3) is 0 Å². The number of halogens is 1. The van der Waals surface area contributed by atoms with Gasteiger partial charge < -0.3 is 4.98 Å². The van der Waals surface area contributed by atoms with Crippen LogP contribution in [-0.2, 0) is 0 Å². The topological polar surface area (TPSA) is 31.9 Å². The van der Waals surface area contributed by atoms with E-state index in [0.717, 1.165) is 16.7 Å². The lowest BCUT2D eigenvalue weighted by molar-refractivity contribution is 1.21. The first kappa shape index (κ1) is 5.61. The molecule has 0 amide bonds. The van der Waals surface area contributed by atoms with Crippen molar-refractivity contribution in [3.63, 3.8) is 0 Å². The van der Waals surface area contributed by atoms with E-state index in [2.05, 4.69) is 26.1 Å². The quantitative estimate of drug-likeness (QED) is 0.654. The van der Waals surface area contributed by atoms with Gasteiger partial charge in [0.15, 0.2) is 5.82 Å². The maximum absolute atomic E-state index is 4.08. The Morgan fingerprint density at radius 2 is 2.78 bits per heavy atom. The minimum Gasteiger partial charge on any atom is -0.330 e. The second-order valence-electron chi connectivity index (χ2n) is 1.69. The van der Waals surface area contributed by atoms with Crippen molar-refractivity contribution in [2.75, 3.05) is 9.80 Å². The largest absolute Gasteiger partial charge is 0.330 e. The molecule has 5 heteroatoms. The maximum Gasteiger partial charge on any atom is 0.151 e. The van der Waals surface area contributed by atoms with Crippen molar-refractivity contribution in [3.05, 3.63) is 6.33 Å². The Kier molecular flexibility index (Phi) is 1.19. The minimum atomic E-state index is 0.939. The lowest BCUT2D eigenvalue weighted by atomic mass is 10.8. The fraction of sp³-hybridized carbons (Fsp3) is 0.250. The van der Waals surface area contributed by atoms with Crippen molar-refractivity contribution in [3.8, 4) is 0 Å². The van der Waals surface area contributed by atoms with E-state index < -0.39 is 0 Å². The number of hydrogen-bond acceptors (Lipinski definition) is 3. The van der Waals surface area contributed by atoms with Crippen LogP contribution in [0.25, 0.3) is 0 Å². The third kappa shape index (κ3) is 0.753. The monoisotopic (exact) mass is 205 g/mol. The molecule has 0 radical (unpaired) electrons. The molecule has 0 bridgehead atoms. The molecule has 1 N–H and O–H groups in total. The van der Waals surface area contributed by atoms with Crippen molar-refractivity contribution in [2.24, 2.45) is 0 Å². The molecule has 0 saturated heterocycles. The van der Waals surface area contributed by atoms with Gasteiger partial charge in [-0.25, -0.2) is 4.98 Å². The molecular formula is C4H4BrN3S. The smallest absolute Gasteiger partial charge is 0.151 e. The van der Waals surface area contributed by atoms with Crippen LogP contribution in [0, 0.1) is 0 Å². The van der Waals surface area contributed by atoms with Gasteiger partial charge in [-0.15, -0.1) is 0 Å². The van der Waals surface area contributed by atoms with Crippen molar-refractivity contribution in [1.82, 2.24) is 9.97 Å². The first-order valence-corrected chi connectivity index (χ1v) is 4.17. The molecule has 0 fully saturated rings. The van der Waals surface area contributed by atoms with Gasteiger partial charge in [-0.3, -0.25) is 3.93 Å². The summed E-state index contributed by atoms with van der Waals surface area (Å²) in [5.41, 5.74) is 0. The summed E-state index contributed by atoms with van der Waals surface area (Å²) in [5, 5.41) is 1.08. The molecule has 0 aromatic carbocycles. The number of rotatable bonds is 0. The standard InChI is InChI=1S/C4H4BrN3S/c5-8-2-9-4-3(8)6-1-7-4/h1H,2H2,(H,6,7). The normalized spacial score (nSPS) is 16.3. The predicted molar refractivity (Wildman–Crippen MR) is 40.7 cm³/mol. The van der Waals surface area contributed by atoms with Gasteiger partial charge in [0.2, 0.25) is 0 Å². The molecular weight excluding hydrogens is 202 g/mol. The van der Waals surface area contributed by atoms with E-state index in [0.29, 0.717) is 0 Å². The summed E-state index contributed by atoms with van der Waals surface area (Å²) in [7, 11) is 0. The second-order valence-corrected chi connectivity index (χ2v) is 3.48. The van der Waals surface area contributed by atoms with E-state index in [-0.39, 0.29) is 0 Å². The fourth-order valence-electron chi connectivity index (χ4n) is 0.737. The van der Waals surface area contributed by atoms with Crippen LogP contribution in [0.5, 0.6) is 0 Å². The van der Waals surface area contributed by atoms with Crippen LogP contribution >= 0.6 is 27.9 Å². The summed E-state index contributed by atoms with van der Waals surface area (Å²) in [6.45, 7) is 0. The number of nitrogens with one attached hydrogen (secondary N) is 1. The molecule has 1 aromatic rings. The highest BCUT2D eigenvalue weighted by Gasteiger charge is 2.19. The number of thioether (sulfide) groups is 1. The zero-order chi connectivity index (χ0) is 6.27. The molecule has 48 valence electrons. The Hall–Kier alpha value is -0.160. The Morgan fingerprint density at radius 3 is 3.56 bits per heavy atom. The highest BCUT2D eigenvalue weighted by Crippen LogP contribution is 2.36. The summed E-state index contributed by atoms with van der Waals surface area (Å²) in [6, 6.07) is 0. The van der Waals surface area contributed by atoms with E-state index in [1.54, 1.807) is 18.1 Å². The highest BCUT2D eigenvalue weighted by molar-refractivity contribution is 9.10. The van der Waals surface area contributed by atoms with Crippen LogP contribution in [0.1, 0.15) is 0 Å². The van der Waals surface area contributed by atoms with Crippen molar-refractivity contribution < 1.29 is 0 Å². The number of hydrogen-bond donors (Lipinski definition) is 1. The van der Waals surface area contributed by atoms with Gasteiger partial charge in [-0.1, -0.05) is 11.8 Å². The molecule has 2 rings (SSSR count). The number of fused-ring (bicyclic) bond motifs is 1. The number of aromatic nitrogens is 2. The van der Waals surface area contributed by atoms with Gasteiger partial charge in [-0.05, 0) is 0 Å². The molecule has 3 nitrogen and oxygen atoms in total. The zero-order valence-electron chi connectivity index (χ0n) is 4.47. The van der Waals surface area contributed by atoms with E-state index in [1.165, 1.54) is 0 Å². The van der Waals surface area contributed by atoms with Gasteiger partial charge in [0.05, 0.1) is 28.4 Å². The van der Waals surface area contributed by atoms with Gasteiger partial charge in [0, 0.05) is 0 Å². The molecule has 0 atom stereocenters. The van der Waals surface area contributed by atoms with Crippen molar-refractivity contribution in [2.45, 2.75) is 5.03 Å². The first-order chi connectivity index (χ1) is 4.38. The van der Waals surface area contributed by atoms with Gasteiger partial charge in [-0.2, -0.15) is 0 Å². The molecule has 0 saturated carbocycles. The van der Waals surface area contributed by atoms with E-state index in [9.17, 15) is 0 Å². The third-order valence-corrected chi connectivity index (χ3v) is 3.04. The molecule has 2 heterocycles. The van der Waals surface area contributed by atoms with Gasteiger partial charge >= 0.3 is 0 Å². The number of aromatic amines is 1. The number of nitrogens with zero attached hydrogens (tertiary/aromatic N) is 2. The Morgan fingerprint density at radius 1 is 1.89 bits per heavy atom. The van der Waals surface area contributed by atoms with Gasteiger partial charge in [0.1, 0.15) is 5.03 Å². The summed E-state index contributed by atoms with van der Waals surface area (Å²) in [4.78, 5) is 7.10. The molecule has 1 aliphatic heterocycles. The average Bonchev–Trinajstić information content (AvgIpc) is 2.35. The lowest BCUT2D eigenvalue weighted by Crippen LogP contribution is -2.01. The number of H-pyrrole nitrogens is 1. The SMILES string of the molecule is BrN1CSc2nc[nH]c21. The molecule has 9 heavy (non-hydrogen) atoms. The Labute approximate surface area is 65.2 Å². The van der Waals surface area contributed by atoms with E-state index >= 15 is 0 Å². The summed E-state index contributed by atoms with van der Waals surface area (Å²) < 4.78 is 1.96. The van der Waals surface area contributed by atoms with Crippen molar-refractivity contribution >= 4 is 33.7 Å². The number of anilines is 1. The average molecular weight is 206 g/mol. The van der Waals surface area contributed by atoms with E-state index in [4.69, 9.17) is 0 Å². The van der Waals surface area contributed by atoms with Crippen LogP contribution in [-0.4, -0.2) is 15.8 Å². The van der Waals surface area contributed by atoms with Crippen LogP contribution in [0.4, 0.5) is 5.82 Å². The summed E-state index contributed by atoms with van der Waals surface area (Å²) >= 11 is 5.08. The predicted octanol–water partition coefficient (Wildman–Crippen LogP) is 1.59. The fourth-order valence-corrected chi connectivity index (χ4v) is 2.23. The molecule has 1 aromatic heterocycles. The number of imidazole rings is 1. The van der Waals surface area contributed by atoms with Crippen LogP contribution in [0.15, 0.2) is 11.4 Å². The molecule has 0 spiro atoms. The van der Waals surface area contributed by atoms with Crippen molar-refractivity contribution in [1.29, 1.82) is 0 Å². The summed E-state index contributed by atoms with van der Waals surface area (Å²) in [5.74, 6) is 2.01. The molecule has 0 aliphatic carbocycles. The molecule has 1 aliphatic rings. The lowest BCUT2D eigenvalue weighted by Gasteiger charge is -2.02. The third-order valence-electron chi connectivity index (χ3n) is 1.14. The molecule has 0 unspecified atom stereocenters. The van der Waals surface area contributed by atoms with Crippen LogP contribution in [0.3, 0.4) is 0 Å². The Bertz CT molecular complexity index is 223. The van der Waals surface area contributed by atoms with E-state index in [1.807, 2.05) is 3.93 Å². The maximum atomic E-state index is 4.08. The summed E-state index contributed by atoms with van der Waals surface area (Å²) in [6.07, 6.45) is 1.70. The van der Waals surface area contributed by atoms with Crippen LogP contribution in [0.2, 0.25) is 0 Å². The van der Waals surface area contributed by atoms with Crippen LogP contribution < -0.4 is 3.93 Å². The first-order valence-electron chi connectivity index (χ1n) is 2.47.